The first-order valence-corrected chi connectivity index (χ1v) is 11.0. The Balaban J connectivity index is 1.45. The van der Waals surface area contributed by atoms with Crippen molar-refractivity contribution in [3.63, 3.8) is 0 Å². The first kappa shape index (κ1) is 22.1. The Hall–Kier alpha value is -3.07. The maximum absolute atomic E-state index is 13.4. The van der Waals surface area contributed by atoms with E-state index in [9.17, 15) is 14.4 Å². The van der Waals surface area contributed by atoms with E-state index >= 15 is 0 Å². The monoisotopic (exact) mass is 442 g/mol. The van der Waals surface area contributed by atoms with Gasteiger partial charge in [0.1, 0.15) is 11.4 Å². The van der Waals surface area contributed by atoms with Gasteiger partial charge in [-0.15, -0.1) is 0 Å². The van der Waals surface area contributed by atoms with E-state index in [2.05, 4.69) is 11.5 Å². The van der Waals surface area contributed by atoms with Crippen molar-refractivity contribution in [1.82, 2.24) is 20.2 Å². The highest BCUT2D eigenvalue weighted by atomic mass is 16.6. The summed E-state index contributed by atoms with van der Waals surface area (Å²) in [7, 11) is 0. The van der Waals surface area contributed by atoms with Crippen LogP contribution in [0.4, 0.5) is 4.79 Å². The zero-order valence-corrected chi connectivity index (χ0v) is 18.8. The van der Waals surface area contributed by atoms with Crippen molar-refractivity contribution < 1.29 is 23.9 Å². The van der Waals surface area contributed by atoms with E-state index in [1.165, 1.54) is 0 Å². The molecule has 172 valence electrons. The first-order valence-electron chi connectivity index (χ1n) is 11.0. The van der Waals surface area contributed by atoms with Crippen LogP contribution in [-0.2, 0) is 22.5 Å². The molecule has 1 fully saturated rings. The minimum atomic E-state index is -0.548. The van der Waals surface area contributed by atoms with Crippen LogP contribution >= 0.6 is 0 Å². The van der Waals surface area contributed by atoms with Crippen LogP contribution in [0, 0.1) is 0 Å². The summed E-state index contributed by atoms with van der Waals surface area (Å²) in [5.74, 6) is 0.599. The van der Waals surface area contributed by atoms with Crippen LogP contribution in [0.2, 0.25) is 0 Å². The fourth-order valence-electron chi connectivity index (χ4n) is 3.98. The topological polar surface area (TPSA) is 91.4 Å². The van der Waals surface area contributed by atoms with E-state index in [0.717, 1.165) is 17.5 Å². The van der Waals surface area contributed by atoms with Gasteiger partial charge >= 0.3 is 6.09 Å². The van der Waals surface area contributed by atoms with Gasteiger partial charge < -0.3 is 24.3 Å². The van der Waals surface area contributed by atoms with Gasteiger partial charge in [-0.05, 0) is 44.0 Å². The highest BCUT2D eigenvalue weighted by molar-refractivity contribution is 5.98. The Morgan fingerprint density at radius 1 is 1.12 bits per heavy atom. The fraction of sp³-hybridized carbons (Fsp3) is 0.522. The van der Waals surface area contributed by atoms with E-state index in [4.69, 9.17) is 9.47 Å². The van der Waals surface area contributed by atoms with Gasteiger partial charge in [-0.2, -0.15) is 0 Å². The van der Waals surface area contributed by atoms with Crippen LogP contribution in [0.5, 0.6) is 5.75 Å². The minimum Gasteiger partial charge on any atom is -0.492 e. The summed E-state index contributed by atoms with van der Waals surface area (Å²) in [5.41, 5.74) is 5.05. The number of carbonyl (C=O) groups is 3. The lowest BCUT2D eigenvalue weighted by atomic mass is 10.0. The van der Waals surface area contributed by atoms with Crippen LogP contribution in [0.25, 0.3) is 0 Å². The molecule has 0 atom stereocenters. The molecule has 4 rings (SSSR count). The molecular weight excluding hydrogens is 412 g/mol. The van der Waals surface area contributed by atoms with Crippen molar-refractivity contribution in [2.24, 2.45) is 0 Å². The summed E-state index contributed by atoms with van der Waals surface area (Å²) >= 11 is 0. The number of rotatable bonds is 3. The number of hydrazine groups is 1. The lowest BCUT2D eigenvalue weighted by Gasteiger charge is -2.35. The zero-order chi connectivity index (χ0) is 22.9. The number of ether oxygens (including phenoxy) is 2. The molecule has 0 aromatic heterocycles. The molecule has 1 aromatic rings. The Morgan fingerprint density at radius 3 is 2.50 bits per heavy atom. The van der Waals surface area contributed by atoms with Crippen molar-refractivity contribution in [2.45, 2.75) is 39.3 Å². The summed E-state index contributed by atoms with van der Waals surface area (Å²) in [6, 6.07) is 3.93. The number of fused-ring (bicyclic) bond motifs is 1. The minimum absolute atomic E-state index is 0.0324. The Labute approximate surface area is 187 Å². The van der Waals surface area contributed by atoms with E-state index < -0.39 is 5.60 Å². The quantitative estimate of drug-likeness (QED) is 0.762. The number of piperazine rings is 1. The summed E-state index contributed by atoms with van der Waals surface area (Å²) in [6.07, 6.45) is 3.67. The van der Waals surface area contributed by atoms with E-state index in [0.29, 0.717) is 50.6 Å². The number of carbonyl (C=O) groups excluding carboxylic acids is 3. The summed E-state index contributed by atoms with van der Waals surface area (Å²) in [4.78, 5) is 40.5. The van der Waals surface area contributed by atoms with Crippen LogP contribution in [0.1, 0.15) is 42.3 Å². The van der Waals surface area contributed by atoms with Crippen molar-refractivity contribution >= 4 is 17.8 Å². The summed E-state index contributed by atoms with van der Waals surface area (Å²) in [6.45, 7) is 8.61. The molecule has 9 nitrogen and oxygen atoms in total. The number of hydrogen-bond acceptors (Lipinski definition) is 7. The zero-order valence-electron chi connectivity index (χ0n) is 18.8. The highest BCUT2D eigenvalue weighted by Gasteiger charge is 2.31. The molecule has 0 unspecified atom stereocenters. The molecule has 3 heterocycles. The standard InChI is InChI=1S/C23H30N4O5/c1-23(2,3)32-22(30)26-9-7-25(8-10-26)21(29)19-13-16(12-17-5-11-31-20(17)19)15-27-6-4-18(28)14-24-27/h4,6,12-13,24H,5,7-11,14-15H2,1-3H3. The lowest BCUT2D eigenvalue weighted by molar-refractivity contribution is -0.115. The van der Waals surface area contributed by atoms with Gasteiger partial charge in [-0.1, -0.05) is 6.07 Å². The molecule has 2 amide bonds. The SMILES string of the molecule is CC(C)(C)OC(=O)N1CCN(C(=O)c2cc(CN3C=CC(=O)CN3)cc3c2OCC3)CC1. The molecule has 9 heteroatoms. The van der Waals surface area contributed by atoms with Crippen molar-refractivity contribution in [3.8, 4) is 5.75 Å². The Kier molecular flexibility index (Phi) is 6.10. The maximum Gasteiger partial charge on any atom is 0.410 e. The molecule has 0 aliphatic carbocycles. The maximum atomic E-state index is 13.4. The van der Waals surface area contributed by atoms with Crippen molar-refractivity contribution in [1.29, 1.82) is 0 Å². The van der Waals surface area contributed by atoms with Gasteiger partial charge in [0.15, 0.2) is 5.78 Å². The van der Waals surface area contributed by atoms with Gasteiger partial charge in [0.25, 0.3) is 5.91 Å². The van der Waals surface area contributed by atoms with E-state index in [1.54, 1.807) is 22.1 Å². The molecule has 32 heavy (non-hydrogen) atoms. The molecule has 0 spiro atoms. The van der Waals surface area contributed by atoms with Gasteiger partial charge in [0.2, 0.25) is 0 Å². The third-order valence-corrected chi connectivity index (χ3v) is 5.54. The number of nitrogens with zero attached hydrogens (tertiary/aromatic N) is 3. The second kappa shape index (κ2) is 8.82. The smallest absolute Gasteiger partial charge is 0.410 e. The predicted octanol–water partition coefficient (Wildman–Crippen LogP) is 1.72. The molecule has 1 aromatic carbocycles. The lowest BCUT2D eigenvalue weighted by Crippen LogP contribution is -2.51. The molecule has 0 bridgehead atoms. The average molecular weight is 443 g/mol. The third-order valence-electron chi connectivity index (χ3n) is 5.54. The number of ketones is 1. The van der Waals surface area contributed by atoms with Gasteiger partial charge in [0.05, 0.1) is 25.3 Å². The largest absolute Gasteiger partial charge is 0.492 e. The second-order valence-corrected chi connectivity index (χ2v) is 9.23. The van der Waals surface area contributed by atoms with Gasteiger partial charge in [0, 0.05) is 38.8 Å². The number of nitrogens with one attached hydrogen (secondary N) is 1. The third kappa shape index (κ3) is 5.04. The van der Waals surface area contributed by atoms with Gasteiger partial charge in [-0.25, -0.2) is 10.2 Å². The Bertz CT molecular complexity index is 944. The van der Waals surface area contributed by atoms with Gasteiger partial charge in [-0.3, -0.25) is 9.59 Å². The van der Waals surface area contributed by atoms with Crippen LogP contribution < -0.4 is 10.2 Å². The van der Waals surface area contributed by atoms with Crippen LogP contribution in [-0.4, -0.2) is 77.5 Å². The van der Waals surface area contributed by atoms with Crippen LogP contribution in [0.3, 0.4) is 0 Å². The molecule has 0 saturated carbocycles. The molecular formula is C23H30N4O5. The van der Waals surface area contributed by atoms with E-state index in [-0.39, 0.29) is 24.3 Å². The first-order chi connectivity index (χ1) is 15.2. The molecule has 1 saturated heterocycles. The number of benzene rings is 1. The second-order valence-electron chi connectivity index (χ2n) is 9.23. The molecule has 0 radical (unpaired) electrons. The number of amides is 2. The van der Waals surface area contributed by atoms with Crippen molar-refractivity contribution in [2.75, 3.05) is 39.3 Å². The molecule has 1 N–H and O–H groups in total. The molecule has 3 aliphatic rings. The normalized spacial score (nSPS) is 18.5. The van der Waals surface area contributed by atoms with Crippen molar-refractivity contribution in [3.05, 3.63) is 41.1 Å². The Morgan fingerprint density at radius 2 is 1.84 bits per heavy atom. The average Bonchev–Trinajstić information content (AvgIpc) is 3.22. The number of hydrogen-bond donors (Lipinski definition) is 1. The van der Waals surface area contributed by atoms with Crippen LogP contribution in [0.15, 0.2) is 24.4 Å². The highest BCUT2D eigenvalue weighted by Crippen LogP contribution is 2.33. The fourth-order valence-corrected chi connectivity index (χ4v) is 3.98. The van der Waals surface area contributed by atoms with E-state index in [1.807, 2.05) is 31.8 Å². The summed E-state index contributed by atoms with van der Waals surface area (Å²) < 4.78 is 11.2. The molecule has 3 aliphatic heterocycles. The summed E-state index contributed by atoms with van der Waals surface area (Å²) in [5, 5.41) is 1.84. The predicted molar refractivity (Wildman–Crippen MR) is 117 cm³/mol.